The Morgan fingerprint density at radius 1 is 1.21 bits per heavy atom. The van der Waals surface area contributed by atoms with Crippen LogP contribution < -0.4 is 10.1 Å². The van der Waals surface area contributed by atoms with E-state index in [1.54, 1.807) is 32.0 Å². The summed E-state index contributed by atoms with van der Waals surface area (Å²) >= 11 is 0. The van der Waals surface area contributed by atoms with Gasteiger partial charge in [0.1, 0.15) is 5.75 Å². The van der Waals surface area contributed by atoms with Gasteiger partial charge in [0.15, 0.2) is 0 Å². The molecule has 0 atom stereocenters. The molecule has 3 nitrogen and oxygen atoms in total. The van der Waals surface area contributed by atoms with Crippen molar-refractivity contribution in [1.82, 2.24) is 5.32 Å². The van der Waals surface area contributed by atoms with Gasteiger partial charge in [-0.3, -0.25) is 0 Å². The summed E-state index contributed by atoms with van der Waals surface area (Å²) in [6.07, 6.45) is 0. The molecule has 19 heavy (non-hydrogen) atoms. The highest BCUT2D eigenvalue weighted by molar-refractivity contribution is 5.33. The summed E-state index contributed by atoms with van der Waals surface area (Å²) in [6, 6.07) is 6.61. The van der Waals surface area contributed by atoms with Gasteiger partial charge in [0.25, 0.3) is 0 Å². The van der Waals surface area contributed by atoms with Crippen molar-refractivity contribution < 1.29 is 18.6 Å². The van der Waals surface area contributed by atoms with E-state index in [-0.39, 0.29) is 5.75 Å². The second kappa shape index (κ2) is 5.84. The second-order valence-electron chi connectivity index (χ2n) is 5.52. The van der Waals surface area contributed by atoms with E-state index >= 15 is 0 Å². The number of ether oxygens (including phenoxy) is 1. The molecule has 0 saturated carbocycles. The Labute approximate surface area is 112 Å². The zero-order valence-corrected chi connectivity index (χ0v) is 11.7. The third-order valence-corrected chi connectivity index (χ3v) is 3.44. The van der Waals surface area contributed by atoms with Gasteiger partial charge in [-0.05, 0) is 33.8 Å². The largest absolute Gasteiger partial charge is 0.434 e. The fourth-order valence-electron chi connectivity index (χ4n) is 1.39. The number of nitrogens with one attached hydrogen (secondary N) is 1. The Hall–Kier alpha value is -1.20. The minimum absolute atomic E-state index is 0.150. The molecule has 5 heteroatoms. The number of aliphatic hydroxyl groups is 1. The lowest BCUT2D eigenvalue weighted by atomic mass is 9.86. The Kier molecular flexibility index (Phi) is 4.87. The first-order valence-electron chi connectivity index (χ1n) is 6.13. The summed E-state index contributed by atoms with van der Waals surface area (Å²) in [5, 5.41) is 13.2. The van der Waals surface area contributed by atoms with Crippen molar-refractivity contribution in [2.75, 3.05) is 0 Å². The summed E-state index contributed by atoms with van der Waals surface area (Å²) in [5.74, 6) is 0.150. The van der Waals surface area contributed by atoms with Crippen molar-refractivity contribution in [3.05, 3.63) is 29.8 Å². The molecular formula is C14H21F2NO2. The maximum Gasteiger partial charge on any atom is 0.387 e. The SMILES string of the molecule is CC(C)(O)C(C)(C)NCc1ccccc1OC(F)F. The fraction of sp³-hybridized carbons (Fsp3) is 0.571. The molecule has 0 unspecified atom stereocenters. The number of hydrogen-bond donors (Lipinski definition) is 2. The predicted molar refractivity (Wildman–Crippen MR) is 70.3 cm³/mol. The molecule has 0 fully saturated rings. The van der Waals surface area contributed by atoms with Gasteiger partial charge >= 0.3 is 6.61 Å². The highest BCUT2D eigenvalue weighted by Gasteiger charge is 2.34. The van der Waals surface area contributed by atoms with Crippen LogP contribution in [0.3, 0.4) is 0 Å². The van der Waals surface area contributed by atoms with Gasteiger partial charge in [-0.1, -0.05) is 18.2 Å². The molecule has 0 aliphatic heterocycles. The van der Waals surface area contributed by atoms with Gasteiger partial charge in [-0.25, -0.2) is 0 Å². The summed E-state index contributed by atoms with van der Waals surface area (Å²) in [7, 11) is 0. The molecular weight excluding hydrogens is 252 g/mol. The van der Waals surface area contributed by atoms with Crippen LogP contribution in [0.2, 0.25) is 0 Å². The van der Waals surface area contributed by atoms with E-state index in [2.05, 4.69) is 10.1 Å². The monoisotopic (exact) mass is 273 g/mol. The summed E-state index contributed by atoms with van der Waals surface area (Å²) in [6.45, 7) is 4.58. The Bertz CT molecular complexity index is 414. The molecule has 2 N–H and O–H groups in total. The van der Waals surface area contributed by atoms with Gasteiger partial charge in [0.05, 0.1) is 5.60 Å². The molecule has 1 aromatic carbocycles. The van der Waals surface area contributed by atoms with Gasteiger partial charge in [0, 0.05) is 17.6 Å². The molecule has 0 heterocycles. The average Bonchev–Trinajstić information content (AvgIpc) is 2.25. The Morgan fingerprint density at radius 3 is 2.32 bits per heavy atom. The first kappa shape index (κ1) is 15.9. The zero-order chi connectivity index (χ0) is 14.7. The van der Waals surface area contributed by atoms with Crippen LogP contribution in [0, 0.1) is 0 Å². The number of hydrogen-bond acceptors (Lipinski definition) is 3. The molecule has 0 amide bonds. The van der Waals surface area contributed by atoms with Crippen LogP contribution in [-0.2, 0) is 6.54 Å². The third kappa shape index (κ3) is 4.44. The van der Waals surface area contributed by atoms with Crippen molar-refractivity contribution in [3.63, 3.8) is 0 Å². The van der Waals surface area contributed by atoms with Crippen molar-refractivity contribution in [2.45, 2.75) is 52.0 Å². The molecule has 0 saturated heterocycles. The smallest absolute Gasteiger partial charge is 0.387 e. The molecule has 0 radical (unpaired) electrons. The number of rotatable bonds is 6. The first-order chi connectivity index (χ1) is 8.63. The summed E-state index contributed by atoms with van der Waals surface area (Å²) in [5.41, 5.74) is -0.878. The molecule has 108 valence electrons. The van der Waals surface area contributed by atoms with Gasteiger partial charge in [0.2, 0.25) is 0 Å². The molecule has 0 aliphatic rings. The highest BCUT2D eigenvalue weighted by atomic mass is 19.3. The number of para-hydroxylation sites is 1. The Morgan fingerprint density at radius 2 is 1.79 bits per heavy atom. The number of halogens is 2. The van der Waals surface area contributed by atoms with E-state index in [9.17, 15) is 13.9 Å². The maximum atomic E-state index is 12.3. The topological polar surface area (TPSA) is 41.5 Å². The van der Waals surface area contributed by atoms with Gasteiger partial charge < -0.3 is 15.2 Å². The van der Waals surface area contributed by atoms with Crippen molar-refractivity contribution >= 4 is 0 Å². The van der Waals surface area contributed by atoms with Crippen LogP contribution in [0.25, 0.3) is 0 Å². The molecule has 0 spiro atoms. The van der Waals surface area contributed by atoms with Crippen molar-refractivity contribution in [2.24, 2.45) is 0 Å². The summed E-state index contributed by atoms with van der Waals surface area (Å²) < 4.78 is 29.0. The van der Waals surface area contributed by atoms with Crippen LogP contribution in [0.1, 0.15) is 33.3 Å². The average molecular weight is 273 g/mol. The van der Waals surface area contributed by atoms with Crippen molar-refractivity contribution in [1.29, 1.82) is 0 Å². The van der Waals surface area contributed by atoms with Crippen molar-refractivity contribution in [3.8, 4) is 5.75 Å². The minimum Gasteiger partial charge on any atom is -0.434 e. The van der Waals surface area contributed by atoms with Crippen LogP contribution in [0.4, 0.5) is 8.78 Å². The maximum absolute atomic E-state index is 12.3. The normalized spacial score (nSPS) is 12.8. The van der Waals surface area contributed by atoms with Crippen LogP contribution >= 0.6 is 0 Å². The number of benzene rings is 1. The molecule has 0 aliphatic carbocycles. The van der Waals surface area contributed by atoms with E-state index in [0.29, 0.717) is 12.1 Å². The van der Waals surface area contributed by atoms with Crippen LogP contribution in [0.5, 0.6) is 5.75 Å². The standard InChI is InChI=1S/C14H21F2NO2/c1-13(2,14(3,4)18)17-9-10-7-5-6-8-11(10)19-12(15)16/h5-8,12,17-18H,9H2,1-4H3. The lowest BCUT2D eigenvalue weighted by Gasteiger charge is -2.38. The molecule has 0 aromatic heterocycles. The van der Waals surface area contributed by atoms with E-state index in [1.165, 1.54) is 6.07 Å². The van der Waals surface area contributed by atoms with Crippen LogP contribution in [-0.4, -0.2) is 22.9 Å². The van der Waals surface area contributed by atoms with E-state index in [1.807, 2.05) is 13.8 Å². The fourth-order valence-corrected chi connectivity index (χ4v) is 1.39. The minimum atomic E-state index is -2.84. The number of alkyl halides is 2. The quantitative estimate of drug-likeness (QED) is 0.837. The summed E-state index contributed by atoms with van der Waals surface area (Å²) in [4.78, 5) is 0. The predicted octanol–water partition coefficient (Wildman–Crippen LogP) is 2.93. The lowest BCUT2D eigenvalue weighted by Crippen LogP contribution is -2.55. The highest BCUT2D eigenvalue weighted by Crippen LogP contribution is 2.24. The van der Waals surface area contributed by atoms with E-state index in [0.717, 1.165) is 0 Å². The van der Waals surface area contributed by atoms with Gasteiger partial charge in [-0.2, -0.15) is 8.78 Å². The van der Waals surface area contributed by atoms with E-state index < -0.39 is 17.8 Å². The molecule has 1 aromatic rings. The molecule has 1 rings (SSSR count). The lowest BCUT2D eigenvalue weighted by molar-refractivity contribution is -0.0508. The van der Waals surface area contributed by atoms with Gasteiger partial charge in [-0.15, -0.1) is 0 Å². The Balaban J connectivity index is 2.78. The molecule has 0 bridgehead atoms. The van der Waals surface area contributed by atoms with E-state index in [4.69, 9.17) is 0 Å². The second-order valence-corrected chi connectivity index (χ2v) is 5.52. The first-order valence-corrected chi connectivity index (χ1v) is 6.13. The third-order valence-electron chi connectivity index (χ3n) is 3.44. The zero-order valence-electron chi connectivity index (χ0n) is 11.7. The van der Waals surface area contributed by atoms with Crippen LogP contribution in [0.15, 0.2) is 24.3 Å².